The van der Waals surface area contributed by atoms with Crippen LogP contribution in [-0.4, -0.2) is 19.3 Å². The van der Waals surface area contributed by atoms with Crippen LogP contribution in [0.25, 0.3) is 10.8 Å². The second kappa shape index (κ2) is 5.05. The molecule has 0 bridgehead atoms. The van der Waals surface area contributed by atoms with E-state index in [0.29, 0.717) is 12.1 Å². The van der Waals surface area contributed by atoms with E-state index < -0.39 is 0 Å². The average Bonchev–Trinajstić information content (AvgIpc) is 2.50. The van der Waals surface area contributed by atoms with Crippen LogP contribution >= 0.6 is 0 Å². The number of anilines is 1. The molecule has 0 radical (unpaired) electrons. The fourth-order valence-corrected chi connectivity index (χ4v) is 3.24. The largest absolute Gasteiger partial charge is 0.381 e. The summed E-state index contributed by atoms with van der Waals surface area (Å²) in [6.45, 7) is 4.46. The highest BCUT2D eigenvalue weighted by Gasteiger charge is 2.48. The number of benzene rings is 2. The van der Waals surface area contributed by atoms with Crippen LogP contribution in [0.3, 0.4) is 0 Å². The van der Waals surface area contributed by atoms with E-state index in [2.05, 4.69) is 31.3 Å². The highest BCUT2D eigenvalue weighted by molar-refractivity contribution is 5.97. The predicted octanol–water partition coefficient (Wildman–Crippen LogP) is 3.94. The zero-order valence-electron chi connectivity index (χ0n) is 12.7. The third-order valence-corrected chi connectivity index (χ3v) is 4.84. The van der Waals surface area contributed by atoms with Crippen molar-refractivity contribution < 1.29 is 4.74 Å². The molecule has 0 saturated heterocycles. The van der Waals surface area contributed by atoms with E-state index in [4.69, 9.17) is 4.74 Å². The second-order valence-corrected chi connectivity index (χ2v) is 6.30. The molecule has 0 amide bonds. The Balaban J connectivity index is 1.95. The van der Waals surface area contributed by atoms with Crippen molar-refractivity contribution in [3.63, 3.8) is 0 Å². The van der Waals surface area contributed by atoms with Crippen LogP contribution in [0.15, 0.2) is 36.4 Å². The van der Waals surface area contributed by atoms with Crippen molar-refractivity contribution in [1.29, 1.82) is 5.26 Å². The summed E-state index contributed by atoms with van der Waals surface area (Å²) in [6, 6.07) is 14.6. The highest BCUT2D eigenvalue weighted by Crippen LogP contribution is 2.44. The minimum atomic E-state index is 0.115. The lowest BCUT2D eigenvalue weighted by Gasteiger charge is -2.51. The second-order valence-electron chi connectivity index (χ2n) is 6.30. The van der Waals surface area contributed by atoms with Crippen LogP contribution in [0.2, 0.25) is 0 Å². The van der Waals surface area contributed by atoms with E-state index in [1.54, 1.807) is 7.11 Å². The lowest BCUT2D eigenvalue weighted by Crippen LogP contribution is -2.57. The van der Waals surface area contributed by atoms with Gasteiger partial charge in [0.2, 0.25) is 0 Å². The Morgan fingerprint density at radius 2 is 1.90 bits per heavy atom. The Hall–Kier alpha value is -2.05. The van der Waals surface area contributed by atoms with Gasteiger partial charge in [0.05, 0.1) is 17.7 Å². The Bertz CT molecular complexity index is 715. The fourth-order valence-electron chi connectivity index (χ4n) is 3.24. The van der Waals surface area contributed by atoms with Gasteiger partial charge in [-0.1, -0.05) is 38.1 Å². The monoisotopic (exact) mass is 280 g/mol. The first kappa shape index (κ1) is 13.9. The molecule has 1 saturated carbocycles. The predicted molar refractivity (Wildman–Crippen MR) is 85.3 cm³/mol. The molecular formula is C18H20N2O. The van der Waals surface area contributed by atoms with Crippen molar-refractivity contribution in [3.8, 4) is 6.07 Å². The standard InChI is InChI=1S/C18H20N2O/c1-18(2)16(10-17(18)21-3)20-15-9-8-12(11-19)13-6-4-5-7-14(13)15/h4-9,16-17,20H,10H2,1-3H3. The first-order chi connectivity index (χ1) is 10.1. The summed E-state index contributed by atoms with van der Waals surface area (Å²) < 4.78 is 5.51. The SMILES string of the molecule is COC1CC(Nc2ccc(C#N)c3ccccc23)C1(C)C. The number of nitrogens with zero attached hydrogens (tertiary/aromatic N) is 1. The van der Waals surface area contributed by atoms with Crippen LogP contribution < -0.4 is 5.32 Å². The van der Waals surface area contributed by atoms with Crippen LogP contribution in [0.5, 0.6) is 0 Å². The molecule has 0 spiro atoms. The van der Waals surface area contributed by atoms with Gasteiger partial charge in [-0.25, -0.2) is 0 Å². The summed E-state index contributed by atoms with van der Waals surface area (Å²) in [5.74, 6) is 0. The summed E-state index contributed by atoms with van der Waals surface area (Å²) in [5.41, 5.74) is 1.93. The summed E-state index contributed by atoms with van der Waals surface area (Å²) >= 11 is 0. The van der Waals surface area contributed by atoms with Gasteiger partial charge < -0.3 is 10.1 Å². The van der Waals surface area contributed by atoms with E-state index in [-0.39, 0.29) is 5.41 Å². The van der Waals surface area contributed by atoms with Crippen molar-refractivity contribution in [3.05, 3.63) is 42.0 Å². The molecule has 0 aromatic heterocycles. The molecule has 0 aliphatic heterocycles. The number of fused-ring (bicyclic) bond motifs is 1. The third kappa shape index (κ3) is 2.16. The molecule has 1 aliphatic rings. The number of methoxy groups -OCH3 is 1. The molecule has 1 fully saturated rings. The maximum Gasteiger partial charge on any atom is 0.0998 e. The molecule has 2 aromatic carbocycles. The number of ether oxygens (including phenoxy) is 1. The summed E-state index contributed by atoms with van der Waals surface area (Å²) in [4.78, 5) is 0. The molecule has 0 heterocycles. The zero-order chi connectivity index (χ0) is 15.0. The Kier molecular flexibility index (Phi) is 3.35. The Morgan fingerprint density at radius 3 is 2.52 bits per heavy atom. The van der Waals surface area contributed by atoms with Gasteiger partial charge in [0.1, 0.15) is 0 Å². The lowest BCUT2D eigenvalue weighted by atomic mass is 9.64. The molecule has 108 valence electrons. The highest BCUT2D eigenvalue weighted by atomic mass is 16.5. The number of hydrogen-bond acceptors (Lipinski definition) is 3. The Morgan fingerprint density at radius 1 is 1.19 bits per heavy atom. The number of nitrogens with one attached hydrogen (secondary N) is 1. The van der Waals surface area contributed by atoms with Gasteiger partial charge in [-0.3, -0.25) is 0 Å². The quantitative estimate of drug-likeness (QED) is 0.926. The molecule has 2 aromatic rings. The number of nitriles is 1. The normalized spacial score (nSPS) is 23.3. The van der Waals surface area contributed by atoms with E-state index in [0.717, 1.165) is 28.4 Å². The van der Waals surface area contributed by atoms with Crippen LogP contribution in [0.1, 0.15) is 25.8 Å². The first-order valence-electron chi connectivity index (χ1n) is 7.29. The minimum absolute atomic E-state index is 0.115. The molecular weight excluding hydrogens is 260 g/mol. The third-order valence-electron chi connectivity index (χ3n) is 4.84. The van der Waals surface area contributed by atoms with Crippen LogP contribution in [0.4, 0.5) is 5.69 Å². The van der Waals surface area contributed by atoms with Crippen molar-refractivity contribution in [2.24, 2.45) is 5.41 Å². The van der Waals surface area contributed by atoms with Gasteiger partial charge in [-0.2, -0.15) is 5.26 Å². The van der Waals surface area contributed by atoms with Crippen molar-refractivity contribution >= 4 is 16.5 Å². The molecule has 3 nitrogen and oxygen atoms in total. The van der Waals surface area contributed by atoms with Crippen LogP contribution in [-0.2, 0) is 4.74 Å². The molecule has 1 aliphatic carbocycles. The molecule has 21 heavy (non-hydrogen) atoms. The van der Waals surface area contributed by atoms with Gasteiger partial charge in [0.25, 0.3) is 0 Å². The smallest absolute Gasteiger partial charge is 0.0998 e. The van der Waals surface area contributed by atoms with Gasteiger partial charge >= 0.3 is 0 Å². The zero-order valence-corrected chi connectivity index (χ0v) is 12.7. The van der Waals surface area contributed by atoms with Gasteiger partial charge in [-0.15, -0.1) is 0 Å². The fraction of sp³-hybridized carbons (Fsp3) is 0.389. The van der Waals surface area contributed by atoms with Crippen molar-refractivity contribution in [2.45, 2.75) is 32.4 Å². The molecule has 1 N–H and O–H groups in total. The molecule has 2 atom stereocenters. The molecule has 3 heteroatoms. The van der Waals surface area contributed by atoms with E-state index >= 15 is 0 Å². The van der Waals surface area contributed by atoms with E-state index in [9.17, 15) is 5.26 Å². The van der Waals surface area contributed by atoms with E-state index in [1.807, 2.05) is 30.3 Å². The summed E-state index contributed by atoms with van der Waals surface area (Å²) in [5, 5.41) is 15.0. The number of rotatable bonds is 3. The summed E-state index contributed by atoms with van der Waals surface area (Å²) in [7, 11) is 1.78. The van der Waals surface area contributed by atoms with Crippen molar-refractivity contribution in [2.75, 3.05) is 12.4 Å². The summed E-state index contributed by atoms with van der Waals surface area (Å²) in [6.07, 6.45) is 1.32. The maximum absolute atomic E-state index is 9.23. The maximum atomic E-state index is 9.23. The van der Waals surface area contributed by atoms with Gasteiger partial charge in [0, 0.05) is 35.0 Å². The first-order valence-corrected chi connectivity index (χ1v) is 7.29. The Labute approximate surface area is 125 Å². The topological polar surface area (TPSA) is 45.0 Å². The van der Waals surface area contributed by atoms with Crippen LogP contribution in [0, 0.1) is 16.7 Å². The lowest BCUT2D eigenvalue weighted by molar-refractivity contribution is -0.0794. The van der Waals surface area contributed by atoms with Gasteiger partial charge in [0.15, 0.2) is 0 Å². The van der Waals surface area contributed by atoms with Crippen molar-refractivity contribution in [1.82, 2.24) is 0 Å². The number of hydrogen-bond donors (Lipinski definition) is 1. The minimum Gasteiger partial charge on any atom is -0.381 e. The average molecular weight is 280 g/mol. The molecule has 2 unspecified atom stereocenters. The van der Waals surface area contributed by atoms with Gasteiger partial charge in [-0.05, 0) is 18.6 Å². The van der Waals surface area contributed by atoms with E-state index in [1.165, 1.54) is 0 Å². The molecule has 3 rings (SSSR count).